The molecule has 26 heavy (non-hydrogen) atoms. The molecule has 0 spiro atoms. The van der Waals surface area contributed by atoms with Gasteiger partial charge in [-0.15, -0.1) is 0 Å². The average Bonchev–Trinajstić information content (AvgIpc) is 2.98. The maximum atomic E-state index is 12.8. The summed E-state index contributed by atoms with van der Waals surface area (Å²) in [6, 6.07) is 3.98. The van der Waals surface area contributed by atoms with Crippen molar-refractivity contribution in [3.05, 3.63) is 40.8 Å². The van der Waals surface area contributed by atoms with Crippen molar-refractivity contribution in [2.24, 2.45) is 0 Å². The first-order chi connectivity index (χ1) is 12.1. The molecular weight excluding hydrogens is 324 g/mol. The largest absolute Gasteiger partial charge is 0.307 e. The van der Waals surface area contributed by atoms with Gasteiger partial charge in [0.1, 0.15) is 5.82 Å². The number of carbonyl (C=O) groups excluding carboxylic acids is 1. The van der Waals surface area contributed by atoms with E-state index in [1.807, 2.05) is 16.8 Å². The van der Waals surface area contributed by atoms with Gasteiger partial charge < -0.3 is 5.32 Å². The molecule has 0 unspecified atom stereocenters. The SMILES string of the molecule is CC(C)(C)c1cc(NC(=O)c2cnc3c(c2)CCCC3)n(C(C)(C)C)n1. The summed E-state index contributed by atoms with van der Waals surface area (Å²) in [6.07, 6.45) is 6.08. The lowest BCUT2D eigenvalue weighted by atomic mass is 9.92. The summed E-state index contributed by atoms with van der Waals surface area (Å²) in [6.45, 7) is 12.6. The van der Waals surface area contributed by atoms with Crippen molar-refractivity contribution in [1.82, 2.24) is 14.8 Å². The summed E-state index contributed by atoms with van der Waals surface area (Å²) in [5.41, 5.74) is 3.63. The standard InChI is InChI=1S/C21H30N4O/c1-20(2,3)17-12-18(25(24-17)21(4,5)6)23-19(26)15-11-14-9-7-8-10-16(14)22-13-15/h11-13H,7-10H2,1-6H3,(H,23,26). The molecule has 0 aliphatic heterocycles. The van der Waals surface area contributed by atoms with Crippen molar-refractivity contribution in [1.29, 1.82) is 0 Å². The summed E-state index contributed by atoms with van der Waals surface area (Å²) in [5.74, 6) is 0.599. The van der Waals surface area contributed by atoms with Crippen molar-refractivity contribution in [3.63, 3.8) is 0 Å². The van der Waals surface area contributed by atoms with Crippen LogP contribution < -0.4 is 5.32 Å². The molecule has 2 aromatic rings. The minimum atomic E-state index is -0.222. The molecule has 1 amide bonds. The van der Waals surface area contributed by atoms with Crippen LogP contribution in [0.2, 0.25) is 0 Å². The number of hydrogen-bond donors (Lipinski definition) is 1. The van der Waals surface area contributed by atoms with Gasteiger partial charge >= 0.3 is 0 Å². The number of aromatic nitrogens is 3. The van der Waals surface area contributed by atoms with E-state index in [2.05, 4.69) is 51.8 Å². The number of hydrogen-bond acceptors (Lipinski definition) is 3. The van der Waals surface area contributed by atoms with Crippen LogP contribution in [0.15, 0.2) is 18.3 Å². The molecule has 0 saturated carbocycles. The van der Waals surface area contributed by atoms with Crippen LogP contribution in [0.3, 0.4) is 0 Å². The molecule has 1 aliphatic rings. The van der Waals surface area contributed by atoms with E-state index in [0.717, 1.165) is 30.0 Å². The number of anilines is 1. The fourth-order valence-electron chi connectivity index (χ4n) is 3.25. The first-order valence-corrected chi connectivity index (χ1v) is 9.46. The Morgan fingerprint density at radius 2 is 1.77 bits per heavy atom. The molecule has 0 bridgehead atoms. The van der Waals surface area contributed by atoms with Gasteiger partial charge in [-0.1, -0.05) is 20.8 Å². The zero-order valence-corrected chi connectivity index (χ0v) is 16.8. The molecule has 140 valence electrons. The van der Waals surface area contributed by atoms with Gasteiger partial charge in [-0.2, -0.15) is 5.10 Å². The predicted octanol–water partition coefficient (Wildman–Crippen LogP) is 4.46. The Morgan fingerprint density at radius 1 is 1.08 bits per heavy atom. The first kappa shape index (κ1) is 18.6. The molecule has 5 nitrogen and oxygen atoms in total. The Kier molecular flexibility index (Phi) is 4.67. The second kappa shape index (κ2) is 6.53. The molecule has 2 aromatic heterocycles. The van der Waals surface area contributed by atoms with Crippen LogP contribution in [0.25, 0.3) is 0 Å². The third kappa shape index (κ3) is 3.81. The van der Waals surface area contributed by atoms with Crippen molar-refractivity contribution in [3.8, 4) is 0 Å². The smallest absolute Gasteiger partial charge is 0.258 e. The van der Waals surface area contributed by atoms with E-state index >= 15 is 0 Å². The summed E-state index contributed by atoms with van der Waals surface area (Å²) in [7, 11) is 0. The van der Waals surface area contributed by atoms with Crippen LogP contribution in [0.5, 0.6) is 0 Å². The molecule has 0 aromatic carbocycles. The molecule has 0 saturated heterocycles. The normalized spacial score (nSPS) is 14.8. The lowest BCUT2D eigenvalue weighted by Gasteiger charge is -2.23. The van der Waals surface area contributed by atoms with Crippen molar-refractivity contribution in [2.75, 3.05) is 5.32 Å². The highest BCUT2D eigenvalue weighted by Crippen LogP contribution is 2.28. The molecular formula is C21H30N4O. The van der Waals surface area contributed by atoms with Crippen molar-refractivity contribution >= 4 is 11.7 Å². The van der Waals surface area contributed by atoms with E-state index in [1.54, 1.807) is 6.20 Å². The summed E-state index contributed by atoms with van der Waals surface area (Å²) >= 11 is 0. The minimum absolute atomic E-state index is 0.0800. The van der Waals surface area contributed by atoms with Gasteiger partial charge in [-0.05, 0) is 58.1 Å². The highest BCUT2D eigenvalue weighted by molar-refractivity contribution is 6.03. The third-order valence-electron chi connectivity index (χ3n) is 4.79. The third-order valence-corrected chi connectivity index (χ3v) is 4.79. The van der Waals surface area contributed by atoms with Gasteiger partial charge in [0.15, 0.2) is 0 Å². The number of nitrogens with zero attached hydrogens (tertiary/aromatic N) is 3. The molecule has 0 radical (unpaired) electrons. The van der Waals surface area contributed by atoms with E-state index in [0.29, 0.717) is 5.56 Å². The highest BCUT2D eigenvalue weighted by Gasteiger charge is 2.26. The molecule has 1 N–H and O–H groups in total. The van der Waals surface area contributed by atoms with Crippen molar-refractivity contribution in [2.45, 2.75) is 78.2 Å². The highest BCUT2D eigenvalue weighted by atomic mass is 16.1. The summed E-state index contributed by atoms with van der Waals surface area (Å²) in [4.78, 5) is 17.4. The lowest BCUT2D eigenvalue weighted by Crippen LogP contribution is -2.27. The van der Waals surface area contributed by atoms with Gasteiger partial charge in [-0.3, -0.25) is 9.78 Å². The van der Waals surface area contributed by atoms with E-state index < -0.39 is 0 Å². The van der Waals surface area contributed by atoms with E-state index in [9.17, 15) is 4.79 Å². The number of aryl methyl sites for hydroxylation is 2. The summed E-state index contributed by atoms with van der Waals surface area (Å²) in [5, 5.41) is 7.81. The van der Waals surface area contributed by atoms with Crippen LogP contribution in [0.4, 0.5) is 5.82 Å². The molecule has 2 heterocycles. The first-order valence-electron chi connectivity index (χ1n) is 9.46. The number of amides is 1. The van der Waals surface area contributed by atoms with Gasteiger partial charge in [0, 0.05) is 23.4 Å². The quantitative estimate of drug-likeness (QED) is 0.866. The molecule has 5 heteroatoms. The zero-order chi connectivity index (χ0) is 19.1. The zero-order valence-electron chi connectivity index (χ0n) is 16.8. The van der Waals surface area contributed by atoms with Gasteiger partial charge in [0.25, 0.3) is 5.91 Å². The number of rotatable bonds is 2. The van der Waals surface area contributed by atoms with Crippen LogP contribution in [0.1, 0.15) is 81.7 Å². The maximum absolute atomic E-state index is 12.8. The van der Waals surface area contributed by atoms with Crippen LogP contribution in [0, 0.1) is 0 Å². The predicted molar refractivity (Wildman–Crippen MR) is 105 cm³/mol. The Hall–Kier alpha value is -2.17. The van der Waals surface area contributed by atoms with Gasteiger partial charge in [0.05, 0.1) is 16.8 Å². The Morgan fingerprint density at radius 3 is 2.42 bits per heavy atom. The fourth-order valence-corrected chi connectivity index (χ4v) is 3.25. The van der Waals surface area contributed by atoms with Crippen molar-refractivity contribution < 1.29 is 4.79 Å². The molecule has 1 aliphatic carbocycles. The van der Waals surface area contributed by atoms with E-state index in [1.165, 1.54) is 18.4 Å². The fraction of sp³-hybridized carbons (Fsp3) is 0.571. The second-order valence-electron chi connectivity index (χ2n) is 9.24. The van der Waals surface area contributed by atoms with E-state index in [-0.39, 0.29) is 16.9 Å². The monoisotopic (exact) mass is 354 g/mol. The van der Waals surface area contributed by atoms with Crippen LogP contribution in [-0.4, -0.2) is 20.7 Å². The van der Waals surface area contributed by atoms with E-state index in [4.69, 9.17) is 5.10 Å². The Balaban J connectivity index is 1.90. The maximum Gasteiger partial charge on any atom is 0.258 e. The van der Waals surface area contributed by atoms with Gasteiger partial charge in [0.2, 0.25) is 0 Å². The number of pyridine rings is 1. The Bertz CT molecular complexity index is 822. The number of fused-ring (bicyclic) bond motifs is 1. The minimum Gasteiger partial charge on any atom is -0.307 e. The molecule has 0 fully saturated rings. The number of nitrogens with one attached hydrogen (secondary N) is 1. The van der Waals surface area contributed by atoms with Gasteiger partial charge in [-0.25, -0.2) is 4.68 Å². The Labute approximate surface area is 156 Å². The second-order valence-corrected chi connectivity index (χ2v) is 9.24. The topological polar surface area (TPSA) is 59.8 Å². The number of carbonyl (C=O) groups is 1. The molecule has 3 rings (SSSR count). The average molecular weight is 354 g/mol. The van der Waals surface area contributed by atoms with Crippen LogP contribution >= 0.6 is 0 Å². The molecule has 0 atom stereocenters. The summed E-state index contributed by atoms with van der Waals surface area (Å²) < 4.78 is 1.90. The van der Waals surface area contributed by atoms with Crippen LogP contribution in [-0.2, 0) is 23.8 Å². The lowest BCUT2D eigenvalue weighted by molar-refractivity contribution is 0.102.